The van der Waals surface area contributed by atoms with Gasteiger partial charge in [-0.05, 0) is 26.7 Å². The minimum Gasteiger partial charge on any atom is -0.353 e. The number of ether oxygens (including phenoxy) is 3. The van der Waals surface area contributed by atoms with E-state index in [9.17, 15) is 0 Å². The van der Waals surface area contributed by atoms with E-state index in [0.29, 0.717) is 13.2 Å². The van der Waals surface area contributed by atoms with Gasteiger partial charge < -0.3 is 14.2 Å². The Morgan fingerprint density at radius 1 is 0.769 bits per heavy atom. The molecule has 2 atom stereocenters. The normalized spacial score (nSPS) is 15.7. The average molecular weight is 190 g/mol. The van der Waals surface area contributed by atoms with Crippen LogP contribution in [0.4, 0.5) is 0 Å². The van der Waals surface area contributed by atoms with Crippen LogP contribution in [0.25, 0.3) is 0 Å². The maximum atomic E-state index is 5.59. The van der Waals surface area contributed by atoms with Crippen molar-refractivity contribution in [1.82, 2.24) is 0 Å². The topological polar surface area (TPSA) is 27.7 Å². The molecule has 80 valence electrons. The summed E-state index contributed by atoms with van der Waals surface area (Å²) >= 11 is 0. The molecule has 0 aliphatic carbocycles. The molecule has 0 aromatic carbocycles. The van der Waals surface area contributed by atoms with Crippen LogP contribution in [-0.4, -0.2) is 25.8 Å². The van der Waals surface area contributed by atoms with E-state index in [-0.39, 0.29) is 12.6 Å². The SMILES string of the molecule is CCOC(CC)OC(CC)OCC. The monoisotopic (exact) mass is 190 g/mol. The highest BCUT2D eigenvalue weighted by Crippen LogP contribution is 2.08. The first-order valence-corrected chi connectivity index (χ1v) is 5.17. The summed E-state index contributed by atoms with van der Waals surface area (Å²) in [6, 6.07) is 0. The number of rotatable bonds is 8. The van der Waals surface area contributed by atoms with Crippen LogP contribution in [0.2, 0.25) is 0 Å². The van der Waals surface area contributed by atoms with Crippen molar-refractivity contribution in [2.24, 2.45) is 0 Å². The predicted molar refractivity (Wildman–Crippen MR) is 52.5 cm³/mol. The molecule has 0 amide bonds. The standard InChI is InChI=1S/C10H22O3/c1-5-9(11-7-3)13-10(6-2)12-8-4/h9-10H,5-8H2,1-4H3. The Labute approximate surface area is 81.4 Å². The molecule has 0 aromatic heterocycles. The second kappa shape index (κ2) is 8.48. The fraction of sp³-hybridized carbons (Fsp3) is 1.00. The highest BCUT2D eigenvalue weighted by atomic mass is 16.8. The molecule has 0 spiro atoms. The van der Waals surface area contributed by atoms with Crippen LogP contribution in [0, 0.1) is 0 Å². The maximum absolute atomic E-state index is 5.59. The van der Waals surface area contributed by atoms with Crippen molar-refractivity contribution in [3.63, 3.8) is 0 Å². The third-order valence-corrected chi connectivity index (χ3v) is 1.68. The lowest BCUT2D eigenvalue weighted by atomic mass is 10.4. The smallest absolute Gasteiger partial charge is 0.160 e. The first kappa shape index (κ1) is 12.9. The van der Waals surface area contributed by atoms with Gasteiger partial charge in [0.25, 0.3) is 0 Å². The maximum Gasteiger partial charge on any atom is 0.160 e. The lowest BCUT2D eigenvalue weighted by Gasteiger charge is -2.22. The van der Waals surface area contributed by atoms with E-state index < -0.39 is 0 Å². The molecule has 0 aliphatic heterocycles. The molecule has 0 aromatic rings. The molecule has 0 N–H and O–H groups in total. The third-order valence-electron chi connectivity index (χ3n) is 1.68. The van der Waals surface area contributed by atoms with E-state index in [1.54, 1.807) is 0 Å². The molecule has 0 heterocycles. The van der Waals surface area contributed by atoms with Crippen LogP contribution in [0.1, 0.15) is 40.5 Å². The molecule has 3 heteroatoms. The first-order chi connectivity index (χ1) is 6.28. The van der Waals surface area contributed by atoms with Gasteiger partial charge >= 0.3 is 0 Å². The van der Waals surface area contributed by atoms with Crippen LogP contribution >= 0.6 is 0 Å². The zero-order valence-corrected chi connectivity index (χ0v) is 9.21. The van der Waals surface area contributed by atoms with Crippen LogP contribution in [-0.2, 0) is 14.2 Å². The third kappa shape index (κ3) is 6.02. The van der Waals surface area contributed by atoms with Gasteiger partial charge in [-0.1, -0.05) is 13.8 Å². The summed E-state index contributed by atoms with van der Waals surface area (Å²) in [6.07, 6.45) is 1.47. The summed E-state index contributed by atoms with van der Waals surface area (Å²) in [5.74, 6) is 0. The van der Waals surface area contributed by atoms with Crippen molar-refractivity contribution in [3.05, 3.63) is 0 Å². The van der Waals surface area contributed by atoms with E-state index in [0.717, 1.165) is 12.8 Å². The van der Waals surface area contributed by atoms with Crippen molar-refractivity contribution < 1.29 is 14.2 Å². The Morgan fingerprint density at radius 3 is 1.38 bits per heavy atom. The summed E-state index contributed by atoms with van der Waals surface area (Å²) in [4.78, 5) is 0. The van der Waals surface area contributed by atoms with Crippen molar-refractivity contribution in [2.45, 2.75) is 53.1 Å². The summed E-state index contributed by atoms with van der Waals surface area (Å²) in [5, 5.41) is 0. The van der Waals surface area contributed by atoms with Gasteiger partial charge in [-0.15, -0.1) is 0 Å². The molecule has 0 rings (SSSR count). The fourth-order valence-corrected chi connectivity index (χ4v) is 1.05. The summed E-state index contributed by atoms with van der Waals surface area (Å²) < 4.78 is 16.3. The lowest BCUT2D eigenvalue weighted by Crippen LogP contribution is -2.26. The highest BCUT2D eigenvalue weighted by Gasteiger charge is 2.13. The molecular weight excluding hydrogens is 168 g/mol. The lowest BCUT2D eigenvalue weighted by molar-refractivity contribution is -0.244. The Kier molecular flexibility index (Phi) is 8.40. The van der Waals surface area contributed by atoms with Gasteiger partial charge in [-0.2, -0.15) is 0 Å². The van der Waals surface area contributed by atoms with E-state index >= 15 is 0 Å². The van der Waals surface area contributed by atoms with Crippen molar-refractivity contribution in [2.75, 3.05) is 13.2 Å². The number of hydrogen-bond acceptors (Lipinski definition) is 3. The van der Waals surface area contributed by atoms with Gasteiger partial charge in [0, 0.05) is 13.2 Å². The minimum atomic E-state index is -0.124. The van der Waals surface area contributed by atoms with Crippen LogP contribution in [0.5, 0.6) is 0 Å². The fourth-order valence-electron chi connectivity index (χ4n) is 1.05. The largest absolute Gasteiger partial charge is 0.353 e. The summed E-state index contributed by atoms with van der Waals surface area (Å²) in [7, 11) is 0. The van der Waals surface area contributed by atoms with Crippen molar-refractivity contribution >= 4 is 0 Å². The molecule has 0 saturated heterocycles. The van der Waals surface area contributed by atoms with Gasteiger partial charge in [0.2, 0.25) is 0 Å². The molecule has 0 aliphatic rings. The van der Waals surface area contributed by atoms with E-state index in [2.05, 4.69) is 0 Å². The zero-order valence-electron chi connectivity index (χ0n) is 9.21. The van der Waals surface area contributed by atoms with Crippen molar-refractivity contribution in [1.29, 1.82) is 0 Å². The van der Waals surface area contributed by atoms with Crippen LogP contribution in [0.3, 0.4) is 0 Å². The summed E-state index contributed by atoms with van der Waals surface area (Å²) in [6.45, 7) is 9.38. The van der Waals surface area contributed by atoms with E-state index in [4.69, 9.17) is 14.2 Å². The molecular formula is C10H22O3. The molecule has 2 unspecified atom stereocenters. The number of hydrogen-bond donors (Lipinski definition) is 0. The molecule has 0 bridgehead atoms. The highest BCUT2D eigenvalue weighted by molar-refractivity contribution is 4.44. The van der Waals surface area contributed by atoms with E-state index in [1.807, 2.05) is 27.7 Å². The summed E-state index contributed by atoms with van der Waals surface area (Å²) in [5.41, 5.74) is 0. The van der Waals surface area contributed by atoms with Gasteiger partial charge in [0.15, 0.2) is 12.6 Å². The first-order valence-electron chi connectivity index (χ1n) is 5.17. The second-order valence-corrected chi connectivity index (χ2v) is 2.72. The Bertz CT molecular complexity index is 94.3. The van der Waals surface area contributed by atoms with Crippen LogP contribution in [0.15, 0.2) is 0 Å². The van der Waals surface area contributed by atoms with E-state index in [1.165, 1.54) is 0 Å². The zero-order chi connectivity index (χ0) is 10.1. The quantitative estimate of drug-likeness (QED) is 0.550. The molecule has 0 fully saturated rings. The predicted octanol–water partition coefficient (Wildman–Crippen LogP) is 2.55. The van der Waals surface area contributed by atoms with Gasteiger partial charge in [-0.3, -0.25) is 0 Å². The minimum absolute atomic E-state index is 0.124. The second-order valence-electron chi connectivity index (χ2n) is 2.72. The molecule has 0 radical (unpaired) electrons. The molecule has 0 saturated carbocycles. The Morgan fingerprint density at radius 2 is 1.15 bits per heavy atom. The van der Waals surface area contributed by atoms with Crippen LogP contribution < -0.4 is 0 Å². The average Bonchev–Trinajstić information content (AvgIpc) is 2.16. The van der Waals surface area contributed by atoms with Gasteiger partial charge in [-0.25, -0.2) is 0 Å². The van der Waals surface area contributed by atoms with Crippen molar-refractivity contribution in [3.8, 4) is 0 Å². The molecule has 3 nitrogen and oxygen atoms in total. The van der Waals surface area contributed by atoms with Gasteiger partial charge in [0.05, 0.1) is 0 Å². The van der Waals surface area contributed by atoms with Gasteiger partial charge in [0.1, 0.15) is 0 Å². The Hall–Kier alpha value is -0.120. The Balaban J connectivity index is 3.73. The molecule has 13 heavy (non-hydrogen) atoms.